The molecule has 0 N–H and O–H groups in total. The molecule has 0 rings (SSSR count). The molecule has 0 heterocycles. The summed E-state index contributed by atoms with van der Waals surface area (Å²) in [5, 5.41) is 0. The monoisotopic (exact) mass is 163 g/mol. The third kappa shape index (κ3) is 6.12. The Bertz CT molecular complexity index is 83.8. The Morgan fingerprint density at radius 2 is 1.75 bits per heavy atom. The van der Waals surface area contributed by atoms with Gasteiger partial charge in [0.25, 0.3) is 0 Å². The van der Waals surface area contributed by atoms with Crippen molar-refractivity contribution in [2.75, 3.05) is 14.1 Å². The molecule has 0 radical (unpaired) electrons. The topological polar surface area (TPSA) is 3.24 Å². The van der Waals surface area contributed by atoms with Crippen molar-refractivity contribution in [3.63, 3.8) is 0 Å². The molecule has 0 aromatic carbocycles. The molecule has 0 aliphatic heterocycles. The summed E-state index contributed by atoms with van der Waals surface area (Å²) >= 11 is 0. The van der Waals surface area contributed by atoms with Gasteiger partial charge in [0.05, 0.1) is 0 Å². The van der Waals surface area contributed by atoms with Crippen LogP contribution in [0, 0.1) is 12.0 Å². The van der Waals surface area contributed by atoms with E-state index in [9.17, 15) is 0 Å². The molecule has 0 saturated carbocycles. The van der Waals surface area contributed by atoms with E-state index in [-0.39, 0.29) is 18.9 Å². The van der Waals surface area contributed by atoms with Gasteiger partial charge in [0.1, 0.15) is 0 Å². The summed E-state index contributed by atoms with van der Waals surface area (Å²) in [7, 11) is 4.29. The molecule has 0 bridgehead atoms. The Kier molecular flexibility index (Phi) is 10.2. The van der Waals surface area contributed by atoms with Gasteiger partial charge in [-0.3, -0.25) is 0 Å². The number of rotatable bonds is 5. The maximum Gasteiger partial charge on any atom is 1.00 e. The van der Waals surface area contributed by atoms with Crippen molar-refractivity contribution in [3.8, 4) is 0 Å². The second-order valence-electron chi connectivity index (χ2n) is 3.64. The Morgan fingerprint density at radius 1 is 1.25 bits per heavy atom. The standard InChI is InChI=1S/C10H22N.Li/c1-6-7-8-10(9(2)3)11(4)5;/h9H,6-8H2,1-5H3;/q-1;+1. The van der Waals surface area contributed by atoms with Crippen LogP contribution < -0.4 is 18.9 Å². The van der Waals surface area contributed by atoms with E-state index in [2.05, 4.69) is 39.8 Å². The van der Waals surface area contributed by atoms with E-state index >= 15 is 0 Å². The third-order valence-corrected chi connectivity index (χ3v) is 2.03. The molecule has 0 aliphatic carbocycles. The van der Waals surface area contributed by atoms with Gasteiger partial charge in [0, 0.05) is 0 Å². The van der Waals surface area contributed by atoms with Crippen molar-refractivity contribution >= 4 is 0 Å². The van der Waals surface area contributed by atoms with Gasteiger partial charge in [0.15, 0.2) is 0 Å². The predicted octanol–water partition coefficient (Wildman–Crippen LogP) is -0.0698. The maximum atomic E-state index is 2.27. The molecule has 12 heavy (non-hydrogen) atoms. The van der Waals surface area contributed by atoms with Crippen molar-refractivity contribution in [1.29, 1.82) is 0 Å². The number of nitrogens with zero attached hydrogens (tertiary/aromatic N) is 1. The molecule has 0 unspecified atom stereocenters. The molecule has 0 saturated heterocycles. The molecule has 0 spiro atoms. The van der Waals surface area contributed by atoms with E-state index < -0.39 is 0 Å². The summed E-state index contributed by atoms with van der Waals surface area (Å²) in [6, 6.07) is 1.58. The van der Waals surface area contributed by atoms with Crippen LogP contribution in [0.2, 0.25) is 0 Å². The van der Waals surface area contributed by atoms with Crippen LogP contribution in [0.25, 0.3) is 0 Å². The van der Waals surface area contributed by atoms with Gasteiger partial charge >= 0.3 is 18.9 Å². The average molecular weight is 163 g/mol. The van der Waals surface area contributed by atoms with E-state index in [4.69, 9.17) is 0 Å². The van der Waals surface area contributed by atoms with Crippen molar-refractivity contribution in [2.45, 2.75) is 40.0 Å². The van der Waals surface area contributed by atoms with Gasteiger partial charge in [-0.05, 0) is 14.1 Å². The SMILES string of the molecule is CCCC[C-](C(C)C)N(C)C.[Li+]. The molecule has 0 amide bonds. The molecule has 0 atom stereocenters. The molecule has 1 nitrogen and oxygen atoms in total. The van der Waals surface area contributed by atoms with Crippen LogP contribution >= 0.6 is 0 Å². The van der Waals surface area contributed by atoms with E-state index in [1.165, 1.54) is 19.3 Å². The predicted molar refractivity (Wildman–Crippen MR) is 51.3 cm³/mol. The first kappa shape index (κ1) is 15.0. The normalized spacial score (nSPS) is 11.0. The number of hydrogen-bond donors (Lipinski definition) is 0. The van der Waals surface area contributed by atoms with Crippen molar-refractivity contribution < 1.29 is 18.9 Å². The molecular weight excluding hydrogens is 141 g/mol. The summed E-state index contributed by atoms with van der Waals surface area (Å²) in [5.74, 6) is 0.705. The zero-order valence-electron chi connectivity index (χ0n) is 9.65. The summed E-state index contributed by atoms with van der Waals surface area (Å²) in [6.45, 7) is 6.78. The van der Waals surface area contributed by atoms with Crippen LogP contribution in [0.5, 0.6) is 0 Å². The summed E-state index contributed by atoms with van der Waals surface area (Å²) in [5.41, 5.74) is 0. The van der Waals surface area contributed by atoms with Crippen molar-refractivity contribution in [1.82, 2.24) is 4.90 Å². The first-order valence-corrected chi connectivity index (χ1v) is 4.62. The minimum absolute atomic E-state index is 0. The molecule has 0 aliphatic rings. The van der Waals surface area contributed by atoms with Crippen LogP contribution in [0.3, 0.4) is 0 Å². The zero-order chi connectivity index (χ0) is 8.85. The Labute approximate surface area is 90.1 Å². The maximum absolute atomic E-state index is 2.27. The van der Waals surface area contributed by atoms with Crippen LogP contribution in [-0.2, 0) is 0 Å². The van der Waals surface area contributed by atoms with Gasteiger partial charge in [-0.15, -0.1) is 0 Å². The summed E-state index contributed by atoms with van der Waals surface area (Å²) in [4.78, 5) is 2.26. The molecular formula is C10H22LiN. The van der Waals surface area contributed by atoms with Gasteiger partial charge in [-0.1, -0.05) is 33.6 Å². The van der Waals surface area contributed by atoms with Crippen LogP contribution in [0.15, 0.2) is 0 Å². The molecule has 2 heteroatoms. The number of unbranched alkanes of at least 4 members (excludes halogenated alkanes) is 1. The fraction of sp³-hybridized carbons (Fsp3) is 0.900. The first-order chi connectivity index (χ1) is 5.09. The molecule has 0 aromatic rings. The van der Waals surface area contributed by atoms with Crippen molar-refractivity contribution in [3.05, 3.63) is 6.04 Å². The summed E-state index contributed by atoms with van der Waals surface area (Å²) < 4.78 is 0. The molecule has 0 aromatic heterocycles. The van der Waals surface area contributed by atoms with Crippen LogP contribution in [-0.4, -0.2) is 19.0 Å². The largest absolute Gasteiger partial charge is 1.00 e. The van der Waals surface area contributed by atoms with Gasteiger partial charge in [0.2, 0.25) is 0 Å². The Balaban J connectivity index is 0. The quantitative estimate of drug-likeness (QED) is 0.405. The van der Waals surface area contributed by atoms with E-state index in [1.807, 2.05) is 0 Å². The fourth-order valence-corrected chi connectivity index (χ4v) is 1.39. The van der Waals surface area contributed by atoms with E-state index in [0.29, 0.717) is 5.92 Å². The average Bonchev–Trinajstić information content (AvgIpc) is 1.87. The third-order valence-electron chi connectivity index (χ3n) is 2.03. The zero-order valence-corrected chi connectivity index (χ0v) is 9.65. The van der Waals surface area contributed by atoms with Gasteiger partial charge < -0.3 is 4.90 Å². The first-order valence-electron chi connectivity index (χ1n) is 4.62. The second kappa shape index (κ2) is 8.17. The number of hydrogen-bond acceptors (Lipinski definition) is 1. The van der Waals surface area contributed by atoms with E-state index in [1.54, 1.807) is 6.04 Å². The van der Waals surface area contributed by atoms with Gasteiger partial charge in [-0.25, -0.2) is 6.04 Å². The van der Waals surface area contributed by atoms with Crippen LogP contribution in [0.1, 0.15) is 40.0 Å². The summed E-state index contributed by atoms with van der Waals surface area (Å²) in [6.07, 6.45) is 3.89. The minimum atomic E-state index is 0. The van der Waals surface area contributed by atoms with Gasteiger partial charge in [-0.2, -0.15) is 12.3 Å². The molecule has 0 fully saturated rings. The Hall–Kier alpha value is 0.557. The van der Waals surface area contributed by atoms with Crippen LogP contribution in [0.4, 0.5) is 0 Å². The van der Waals surface area contributed by atoms with Crippen molar-refractivity contribution in [2.24, 2.45) is 5.92 Å². The smallest absolute Gasteiger partial charge is 0.458 e. The fourth-order valence-electron chi connectivity index (χ4n) is 1.39. The molecule has 68 valence electrons. The second-order valence-corrected chi connectivity index (χ2v) is 3.64. The minimum Gasteiger partial charge on any atom is -0.458 e. The Morgan fingerprint density at radius 3 is 2.00 bits per heavy atom. The van der Waals surface area contributed by atoms with E-state index in [0.717, 1.165) is 0 Å².